The van der Waals surface area contributed by atoms with Crippen molar-refractivity contribution in [2.75, 3.05) is 17.6 Å². The molecule has 2 N–H and O–H groups in total. The number of hydrogen-bond donors (Lipinski definition) is 2. The van der Waals surface area contributed by atoms with Gasteiger partial charge in [-0.15, -0.1) is 16.8 Å². The number of amides is 1. The van der Waals surface area contributed by atoms with Crippen LogP contribution < -0.4 is 10.0 Å². The lowest BCUT2D eigenvalue weighted by atomic mass is 10.2. The Bertz CT molecular complexity index is 1150. The van der Waals surface area contributed by atoms with Gasteiger partial charge in [0.15, 0.2) is 0 Å². The van der Waals surface area contributed by atoms with Gasteiger partial charge < -0.3 is 9.73 Å². The third kappa shape index (κ3) is 7.21. The van der Waals surface area contributed by atoms with Gasteiger partial charge in [-0.25, -0.2) is 13.1 Å². The zero-order chi connectivity index (χ0) is 22.3. The highest BCUT2D eigenvalue weighted by Gasteiger charge is 2.13. The molecule has 3 aromatic rings. The van der Waals surface area contributed by atoms with Gasteiger partial charge in [0, 0.05) is 22.8 Å². The van der Waals surface area contributed by atoms with Crippen molar-refractivity contribution in [2.45, 2.75) is 11.0 Å². The smallest absolute Gasteiger partial charge is 0.277 e. The molecule has 1 amide bonds. The molecule has 162 valence electrons. The number of thioether (sulfide) groups is 1. The first-order valence-electron chi connectivity index (χ1n) is 9.04. The summed E-state index contributed by atoms with van der Waals surface area (Å²) in [5, 5.41) is 11.5. The number of hydrogen-bond acceptors (Lipinski definition) is 7. The fourth-order valence-electron chi connectivity index (χ4n) is 2.44. The zero-order valence-corrected chi connectivity index (χ0v) is 18.6. The van der Waals surface area contributed by atoms with Crippen LogP contribution in [0.25, 0.3) is 11.5 Å². The van der Waals surface area contributed by atoms with E-state index >= 15 is 0 Å². The van der Waals surface area contributed by atoms with Gasteiger partial charge in [-0.1, -0.05) is 41.6 Å². The molecule has 0 saturated carbocycles. The Kier molecular flexibility index (Phi) is 7.85. The quantitative estimate of drug-likeness (QED) is 0.337. The molecule has 8 nitrogen and oxygen atoms in total. The summed E-state index contributed by atoms with van der Waals surface area (Å²) in [6.07, 6.45) is 1.47. The van der Waals surface area contributed by atoms with E-state index in [0.29, 0.717) is 22.2 Å². The van der Waals surface area contributed by atoms with E-state index in [2.05, 4.69) is 26.8 Å². The summed E-state index contributed by atoms with van der Waals surface area (Å²) >= 11 is 6.97. The van der Waals surface area contributed by atoms with Crippen molar-refractivity contribution in [1.29, 1.82) is 0 Å². The summed E-state index contributed by atoms with van der Waals surface area (Å²) < 4.78 is 31.7. The molecule has 0 aliphatic rings. The number of halogens is 1. The summed E-state index contributed by atoms with van der Waals surface area (Å²) in [5.41, 5.74) is 1.89. The molecular weight excluding hydrogens is 460 g/mol. The van der Waals surface area contributed by atoms with Crippen LogP contribution in [0.4, 0.5) is 5.69 Å². The van der Waals surface area contributed by atoms with Crippen LogP contribution in [0.5, 0.6) is 0 Å². The van der Waals surface area contributed by atoms with Gasteiger partial charge >= 0.3 is 0 Å². The van der Waals surface area contributed by atoms with Crippen molar-refractivity contribution < 1.29 is 17.6 Å². The first-order valence-corrected chi connectivity index (χ1v) is 12.1. The van der Waals surface area contributed by atoms with Crippen molar-refractivity contribution in [1.82, 2.24) is 14.9 Å². The van der Waals surface area contributed by atoms with E-state index < -0.39 is 10.0 Å². The molecule has 0 unspecified atom stereocenters. The summed E-state index contributed by atoms with van der Waals surface area (Å²) in [6.45, 7) is 3.65. The maximum Gasteiger partial charge on any atom is 0.277 e. The highest BCUT2D eigenvalue weighted by atomic mass is 35.5. The highest BCUT2D eigenvalue weighted by molar-refractivity contribution is 7.99. The van der Waals surface area contributed by atoms with E-state index in [9.17, 15) is 13.2 Å². The van der Waals surface area contributed by atoms with Crippen LogP contribution in [0, 0.1) is 0 Å². The van der Waals surface area contributed by atoms with E-state index in [-0.39, 0.29) is 29.2 Å². The zero-order valence-electron chi connectivity index (χ0n) is 16.2. The normalized spacial score (nSPS) is 11.3. The van der Waals surface area contributed by atoms with Crippen molar-refractivity contribution in [3.8, 4) is 11.5 Å². The molecule has 0 aliphatic carbocycles. The number of nitrogens with zero attached hydrogens (tertiary/aromatic N) is 2. The third-order valence-corrected chi connectivity index (χ3v) is 6.26. The molecular formula is C20H19ClN4O4S2. The van der Waals surface area contributed by atoms with Crippen molar-refractivity contribution in [3.05, 3.63) is 71.8 Å². The second-order valence-corrected chi connectivity index (χ2v) is 9.48. The van der Waals surface area contributed by atoms with Crippen LogP contribution in [0.1, 0.15) is 5.56 Å². The van der Waals surface area contributed by atoms with Crippen LogP contribution in [-0.4, -0.2) is 36.8 Å². The summed E-state index contributed by atoms with van der Waals surface area (Å²) in [6, 6.07) is 13.6. The first kappa shape index (κ1) is 23.0. The Morgan fingerprint density at radius 2 is 1.84 bits per heavy atom. The Balaban J connectivity index is 1.50. The minimum atomic E-state index is -3.43. The molecule has 0 aliphatic heterocycles. The molecule has 0 radical (unpaired) electrons. The number of carbonyl (C=O) groups is 1. The largest absolute Gasteiger partial charge is 0.411 e. The second kappa shape index (κ2) is 10.6. The molecule has 0 saturated heterocycles. The fraction of sp³-hybridized carbons (Fsp3) is 0.150. The topological polar surface area (TPSA) is 114 Å². The van der Waals surface area contributed by atoms with Crippen molar-refractivity contribution in [3.63, 3.8) is 0 Å². The monoisotopic (exact) mass is 478 g/mol. The molecule has 0 atom stereocenters. The number of aromatic nitrogens is 2. The molecule has 31 heavy (non-hydrogen) atoms. The van der Waals surface area contributed by atoms with Gasteiger partial charge in [0.2, 0.25) is 21.8 Å². The highest BCUT2D eigenvalue weighted by Crippen LogP contribution is 2.24. The average molecular weight is 479 g/mol. The van der Waals surface area contributed by atoms with Crippen LogP contribution >= 0.6 is 23.4 Å². The third-order valence-electron chi connectivity index (χ3n) is 3.87. The molecule has 11 heteroatoms. The molecule has 3 rings (SSSR count). The lowest BCUT2D eigenvalue weighted by Crippen LogP contribution is -2.25. The minimum Gasteiger partial charge on any atom is -0.411 e. The summed E-state index contributed by atoms with van der Waals surface area (Å²) in [5.74, 6) is -0.000940. The lowest BCUT2D eigenvalue weighted by Gasteiger charge is -2.07. The molecule has 1 aromatic heterocycles. The molecule has 0 spiro atoms. The van der Waals surface area contributed by atoms with Crippen LogP contribution in [-0.2, 0) is 20.6 Å². The fourth-order valence-corrected chi connectivity index (χ4v) is 4.24. The number of anilines is 1. The van der Waals surface area contributed by atoms with Gasteiger partial charge in [0.05, 0.1) is 11.5 Å². The Labute approximate surface area is 189 Å². The minimum absolute atomic E-state index is 0.0733. The van der Waals surface area contributed by atoms with Gasteiger partial charge in [-0.05, 0) is 42.0 Å². The van der Waals surface area contributed by atoms with Gasteiger partial charge in [-0.2, -0.15) is 0 Å². The van der Waals surface area contributed by atoms with E-state index in [1.54, 1.807) is 48.5 Å². The van der Waals surface area contributed by atoms with Crippen molar-refractivity contribution in [2.24, 2.45) is 0 Å². The van der Waals surface area contributed by atoms with Crippen LogP contribution in [0.2, 0.25) is 5.02 Å². The number of sulfonamides is 1. The average Bonchev–Trinajstić information content (AvgIpc) is 3.22. The van der Waals surface area contributed by atoms with Crippen molar-refractivity contribution >= 4 is 45.0 Å². The van der Waals surface area contributed by atoms with Gasteiger partial charge in [-0.3, -0.25) is 4.79 Å². The summed E-state index contributed by atoms with van der Waals surface area (Å²) in [4.78, 5) is 12.2. The number of carbonyl (C=O) groups excluding carboxylic acids is 1. The Hall–Kier alpha value is -2.66. The maximum absolute atomic E-state index is 12.2. The van der Waals surface area contributed by atoms with Crippen LogP contribution in [0.3, 0.4) is 0 Å². The Morgan fingerprint density at radius 3 is 2.52 bits per heavy atom. The Morgan fingerprint density at radius 1 is 1.13 bits per heavy atom. The second-order valence-electron chi connectivity index (χ2n) is 6.31. The molecule has 0 bridgehead atoms. The predicted octanol–water partition coefficient (Wildman–Crippen LogP) is 3.73. The first-order chi connectivity index (χ1) is 14.8. The van der Waals surface area contributed by atoms with Gasteiger partial charge in [0.25, 0.3) is 5.22 Å². The van der Waals surface area contributed by atoms with Crippen LogP contribution in [0.15, 0.2) is 70.8 Å². The van der Waals surface area contributed by atoms with E-state index in [0.717, 1.165) is 17.3 Å². The predicted molar refractivity (Wildman–Crippen MR) is 121 cm³/mol. The molecule has 1 heterocycles. The van der Waals surface area contributed by atoms with E-state index in [1.807, 2.05) is 0 Å². The van der Waals surface area contributed by atoms with Gasteiger partial charge in [0.1, 0.15) is 0 Å². The number of benzene rings is 2. The molecule has 0 fully saturated rings. The standard InChI is InChI=1S/C20H19ClN4O4S2/c1-2-11-22-31(27,28)13-14-3-9-17(10-4-14)23-18(26)12-30-20-25-24-19(29-20)15-5-7-16(21)8-6-15/h2-10,22H,1,11-13H2,(H,23,26). The summed E-state index contributed by atoms with van der Waals surface area (Å²) in [7, 11) is -3.43. The lowest BCUT2D eigenvalue weighted by molar-refractivity contribution is -0.113. The molecule has 2 aromatic carbocycles. The van der Waals surface area contributed by atoms with E-state index in [1.165, 1.54) is 6.08 Å². The number of nitrogens with one attached hydrogen (secondary N) is 2. The number of rotatable bonds is 10. The SMILES string of the molecule is C=CCNS(=O)(=O)Cc1ccc(NC(=O)CSc2nnc(-c3ccc(Cl)cc3)o2)cc1. The van der Waals surface area contributed by atoms with E-state index in [4.69, 9.17) is 16.0 Å². The maximum atomic E-state index is 12.2.